The molecule has 9 heteroatoms. The third-order valence-corrected chi connectivity index (χ3v) is 8.10. The van der Waals surface area contributed by atoms with Crippen LogP contribution < -0.4 is 10.0 Å². The molecule has 39 heavy (non-hydrogen) atoms. The number of nitrogens with one attached hydrogen (secondary N) is 2. The van der Waals surface area contributed by atoms with Crippen LogP contribution in [0.2, 0.25) is 5.02 Å². The SMILES string of the molecule is CCCNC(=O)[C@H](Cc1ccccc1)N(Cc1ccc(Cl)cc1)C(=O)CCc1ccc(S(=O)(=O)NCC)cc1. The summed E-state index contributed by atoms with van der Waals surface area (Å²) in [7, 11) is -3.55. The van der Waals surface area contributed by atoms with Gasteiger partial charge in [-0.25, -0.2) is 13.1 Å². The first-order chi connectivity index (χ1) is 18.7. The number of hydrogen-bond acceptors (Lipinski definition) is 4. The third-order valence-electron chi connectivity index (χ3n) is 6.28. The summed E-state index contributed by atoms with van der Waals surface area (Å²) < 4.78 is 27.0. The average Bonchev–Trinajstić information content (AvgIpc) is 2.94. The Labute approximate surface area is 236 Å². The summed E-state index contributed by atoms with van der Waals surface area (Å²) >= 11 is 6.08. The molecule has 0 fully saturated rings. The van der Waals surface area contributed by atoms with Crippen LogP contribution in [0.25, 0.3) is 0 Å². The van der Waals surface area contributed by atoms with Gasteiger partial charge in [0.15, 0.2) is 0 Å². The lowest BCUT2D eigenvalue weighted by Gasteiger charge is -2.31. The first-order valence-corrected chi connectivity index (χ1v) is 15.0. The summed E-state index contributed by atoms with van der Waals surface area (Å²) in [6.45, 7) is 4.79. The topological polar surface area (TPSA) is 95.6 Å². The van der Waals surface area contributed by atoms with Crippen molar-refractivity contribution in [3.8, 4) is 0 Å². The van der Waals surface area contributed by atoms with Gasteiger partial charge in [-0.3, -0.25) is 9.59 Å². The first kappa shape index (κ1) is 30.3. The molecule has 0 spiro atoms. The number of benzene rings is 3. The van der Waals surface area contributed by atoms with Crippen molar-refractivity contribution in [2.75, 3.05) is 13.1 Å². The summed E-state index contributed by atoms with van der Waals surface area (Å²) in [6.07, 6.45) is 1.74. The van der Waals surface area contributed by atoms with E-state index < -0.39 is 16.1 Å². The highest BCUT2D eigenvalue weighted by molar-refractivity contribution is 7.89. The molecule has 7 nitrogen and oxygen atoms in total. The molecule has 0 bridgehead atoms. The molecule has 0 heterocycles. The normalized spacial score (nSPS) is 12.1. The van der Waals surface area contributed by atoms with Crippen LogP contribution in [-0.4, -0.2) is 44.3 Å². The third kappa shape index (κ3) is 9.20. The number of aryl methyl sites for hydroxylation is 1. The predicted molar refractivity (Wildman–Crippen MR) is 155 cm³/mol. The molecular weight excluding hydrogens is 534 g/mol. The van der Waals surface area contributed by atoms with Crippen LogP contribution in [-0.2, 0) is 39.0 Å². The van der Waals surface area contributed by atoms with Gasteiger partial charge in [-0.1, -0.05) is 80.0 Å². The van der Waals surface area contributed by atoms with Crippen molar-refractivity contribution in [2.24, 2.45) is 0 Å². The van der Waals surface area contributed by atoms with Crippen molar-refractivity contribution in [1.29, 1.82) is 0 Å². The Bertz CT molecular complexity index is 1310. The Morgan fingerprint density at radius 2 is 1.51 bits per heavy atom. The number of sulfonamides is 1. The number of carbonyl (C=O) groups excluding carboxylic acids is 2. The molecule has 1 atom stereocenters. The molecule has 0 saturated carbocycles. The molecule has 3 aromatic carbocycles. The molecule has 208 valence electrons. The molecule has 3 rings (SSSR count). The smallest absolute Gasteiger partial charge is 0.243 e. The number of carbonyl (C=O) groups is 2. The van der Waals surface area contributed by atoms with Gasteiger partial charge in [0.1, 0.15) is 6.04 Å². The lowest BCUT2D eigenvalue weighted by Crippen LogP contribution is -2.50. The van der Waals surface area contributed by atoms with Gasteiger partial charge in [-0.15, -0.1) is 0 Å². The van der Waals surface area contributed by atoms with Gasteiger partial charge >= 0.3 is 0 Å². The van der Waals surface area contributed by atoms with E-state index in [4.69, 9.17) is 11.6 Å². The van der Waals surface area contributed by atoms with Crippen LogP contribution in [0.4, 0.5) is 0 Å². The van der Waals surface area contributed by atoms with Crippen molar-refractivity contribution in [2.45, 2.75) is 57.0 Å². The lowest BCUT2D eigenvalue weighted by molar-refractivity contribution is -0.141. The Hall–Kier alpha value is -3.20. The summed E-state index contributed by atoms with van der Waals surface area (Å²) in [6, 6.07) is 22.7. The number of rotatable bonds is 14. The molecule has 0 aliphatic carbocycles. The summed E-state index contributed by atoms with van der Waals surface area (Å²) in [4.78, 5) is 28.9. The Morgan fingerprint density at radius 1 is 0.872 bits per heavy atom. The van der Waals surface area contributed by atoms with Gasteiger partial charge in [-0.05, 0) is 53.8 Å². The molecule has 0 radical (unpaired) electrons. The van der Waals surface area contributed by atoms with E-state index in [1.807, 2.05) is 49.4 Å². The van der Waals surface area contributed by atoms with Crippen LogP contribution in [0, 0.1) is 0 Å². The molecule has 2 amide bonds. The maximum Gasteiger partial charge on any atom is 0.243 e. The van der Waals surface area contributed by atoms with Crippen LogP contribution in [0.5, 0.6) is 0 Å². The van der Waals surface area contributed by atoms with Crippen LogP contribution in [0.1, 0.15) is 43.4 Å². The summed E-state index contributed by atoms with van der Waals surface area (Å²) in [5.41, 5.74) is 2.66. The van der Waals surface area contributed by atoms with Gasteiger partial charge < -0.3 is 10.2 Å². The zero-order valence-electron chi connectivity index (χ0n) is 22.4. The fraction of sp³-hybridized carbons (Fsp3) is 0.333. The van der Waals surface area contributed by atoms with E-state index in [0.717, 1.165) is 23.1 Å². The highest BCUT2D eigenvalue weighted by atomic mass is 35.5. The molecule has 3 aromatic rings. The van der Waals surface area contributed by atoms with Crippen molar-refractivity contribution < 1.29 is 18.0 Å². The molecule has 0 aromatic heterocycles. The second kappa shape index (κ2) is 14.8. The van der Waals surface area contributed by atoms with Crippen molar-refractivity contribution in [3.63, 3.8) is 0 Å². The van der Waals surface area contributed by atoms with Crippen LogP contribution in [0.15, 0.2) is 83.8 Å². The number of nitrogens with zero attached hydrogens (tertiary/aromatic N) is 1. The van der Waals surface area contributed by atoms with Crippen molar-refractivity contribution >= 4 is 33.4 Å². The van der Waals surface area contributed by atoms with Crippen LogP contribution >= 0.6 is 11.6 Å². The fourth-order valence-electron chi connectivity index (χ4n) is 4.21. The summed E-state index contributed by atoms with van der Waals surface area (Å²) in [5, 5.41) is 3.57. The maximum absolute atomic E-state index is 13.7. The van der Waals surface area contributed by atoms with E-state index in [1.54, 1.807) is 48.2 Å². The van der Waals surface area contributed by atoms with E-state index in [1.165, 1.54) is 0 Å². The minimum atomic E-state index is -3.55. The van der Waals surface area contributed by atoms with E-state index >= 15 is 0 Å². The number of amides is 2. The van der Waals surface area contributed by atoms with E-state index in [-0.39, 0.29) is 29.7 Å². The zero-order chi connectivity index (χ0) is 28.3. The molecule has 0 unspecified atom stereocenters. The predicted octanol–water partition coefficient (Wildman–Crippen LogP) is 4.74. The van der Waals surface area contributed by atoms with Crippen molar-refractivity contribution in [1.82, 2.24) is 14.9 Å². The van der Waals surface area contributed by atoms with E-state index in [2.05, 4.69) is 10.0 Å². The standard InChI is InChI=1S/C30H36ClN3O4S/c1-3-20-32-30(36)28(21-24-8-6-5-7-9-24)34(22-25-10-15-26(31)16-11-25)29(35)19-14-23-12-17-27(18-13-23)39(37,38)33-4-2/h5-13,15-18,28,33H,3-4,14,19-22H2,1-2H3,(H,32,36)/t28-/m0/s1. The summed E-state index contributed by atoms with van der Waals surface area (Å²) in [5.74, 6) is -0.358. The minimum absolute atomic E-state index is 0.165. The molecule has 2 N–H and O–H groups in total. The van der Waals surface area contributed by atoms with Gasteiger partial charge in [-0.2, -0.15) is 0 Å². The van der Waals surface area contributed by atoms with E-state index in [9.17, 15) is 18.0 Å². The Balaban J connectivity index is 1.85. The highest BCUT2D eigenvalue weighted by Gasteiger charge is 2.30. The number of halogens is 1. The lowest BCUT2D eigenvalue weighted by atomic mass is 10.0. The van der Waals surface area contributed by atoms with Gasteiger partial charge in [0.25, 0.3) is 0 Å². The number of hydrogen-bond donors (Lipinski definition) is 2. The second-order valence-electron chi connectivity index (χ2n) is 9.29. The minimum Gasteiger partial charge on any atom is -0.354 e. The fourth-order valence-corrected chi connectivity index (χ4v) is 5.38. The first-order valence-electron chi connectivity index (χ1n) is 13.2. The quantitative estimate of drug-likeness (QED) is 0.293. The van der Waals surface area contributed by atoms with Gasteiger partial charge in [0.05, 0.1) is 4.90 Å². The van der Waals surface area contributed by atoms with Gasteiger partial charge in [0.2, 0.25) is 21.8 Å². The molecular formula is C30H36ClN3O4S. The average molecular weight is 570 g/mol. The Kier molecular flexibility index (Phi) is 11.5. The molecule has 0 aliphatic heterocycles. The Morgan fingerprint density at radius 3 is 2.13 bits per heavy atom. The van der Waals surface area contributed by atoms with E-state index in [0.29, 0.717) is 31.0 Å². The second-order valence-corrected chi connectivity index (χ2v) is 11.5. The monoisotopic (exact) mass is 569 g/mol. The highest BCUT2D eigenvalue weighted by Crippen LogP contribution is 2.19. The molecule has 0 saturated heterocycles. The largest absolute Gasteiger partial charge is 0.354 e. The van der Waals surface area contributed by atoms with Crippen molar-refractivity contribution in [3.05, 3.63) is 101 Å². The van der Waals surface area contributed by atoms with Crippen LogP contribution in [0.3, 0.4) is 0 Å². The zero-order valence-corrected chi connectivity index (χ0v) is 24.0. The van der Waals surface area contributed by atoms with Gasteiger partial charge in [0, 0.05) is 37.5 Å². The molecule has 0 aliphatic rings. The maximum atomic E-state index is 13.7.